The van der Waals surface area contributed by atoms with Crippen molar-refractivity contribution in [3.8, 4) is 28.9 Å². The molecule has 10 nitrogen and oxygen atoms in total. The third-order valence-electron chi connectivity index (χ3n) is 4.73. The Morgan fingerprint density at radius 2 is 2.00 bits per heavy atom. The van der Waals surface area contributed by atoms with E-state index in [1.165, 1.54) is 43.8 Å². The van der Waals surface area contributed by atoms with Gasteiger partial charge in [0.2, 0.25) is 11.8 Å². The lowest BCUT2D eigenvalue weighted by atomic mass is 10.1. The summed E-state index contributed by atoms with van der Waals surface area (Å²) in [6, 6.07) is 8.37. The van der Waals surface area contributed by atoms with Crippen molar-refractivity contribution in [2.45, 2.75) is 6.18 Å². The Balaban J connectivity index is 1.86. The van der Waals surface area contributed by atoms with Gasteiger partial charge in [0.15, 0.2) is 11.5 Å². The van der Waals surface area contributed by atoms with Crippen LogP contribution in [-0.4, -0.2) is 42.9 Å². The highest BCUT2D eigenvalue weighted by Gasteiger charge is 2.34. The highest BCUT2D eigenvalue weighted by molar-refractivity contribution is 6.31. The number of carboxylic acid groups (broad SMARTS) is 1. The molecule has 0 saturated carbocycles. The summed E-state index contributed by atoms with van der Waals surface area (Å²) in [5.74, 6) is -1.63. The van der Waals surface area contributed by atoms with Crippen LogP contribution in [0.5, 0.6) is 5.88 Å². The van der Waals surface area contributed by atoms with Gasteiger partial charge in [-0.3, -0.25) is 0 Å². The van der Waals surface area contributed by atoms with Crippen LogP contribution in [0.3, 0.4) is 0 Å². The number of rotatable bonds is 6. The van der Waals surface area contributed by atoms with Crippen molar-refractivity contribution in [1.29, 1.82) is 5.26 Å². The molecule has 3 aromatic heterocycles. The molecule has 0 aliphatic heterocycles. The quantitative estimate of drug-likeness (QED) is 0.373. The number of carboxylic acids is 1. The number of benzene rings is 1. The van der Waals surface area contributed by atoms with E-state index in [1.54, 1.807) is 0 Å². The number of hydrogen-bond donors (Lipinski definition) is 2. The standard InChI is InChI=1S/C22H13ClF3N7O3/c1-36-19-15(20(34)35)6-12(9-28-19)16-10-29-21(30-14-5-11(8-27)4-13(23)7-14)31-18(16)33-3-2-17(32-33)22(24,25)26/h2-7,9-10H,1H3,(H,34,35)(H,29,30,31). The first kappa shape index (κ1) is 24.4. The Bertz CT molecular complexity index is 1520. The number of aromatic carboxylic acids is 1. The van der Waals surface area contributed by atoms with Crippen LogP contribution in [0.25, 0.3) is 16.9 Å². The van der Waals surface area contributed by atoms with E-state index in [2.05, 4.69) is 25.4 Å². The lowest BCUT2D eigenvalue weighted by molar-refractivity contribution is -0.141. The molecule has 1 aromatic carbocycles. The molecule has 0 atom stereocenters. The second kappa shape index (κ2) is 9.51. The minimum atomic E-state index is -4.70. The molecular weight excluding hydrogens is 503 g/mol. The zero-order valence-corrected chi connectivity index (χ0v) is 18.8. The zero-order valence-electron chi connectivity index (χ0n) is 18.1. The van der Waals surface area contributed by atoms with E-state index in [4.69, 9.17) is 21.6 Å². The molecule has 0 fully saturated rings. The fraction of sp³-hybridized carbons (Fsp3) is 0.0909. The number of nitrogens with one attached hydrogen (secondary N) is 1. The van der Waals surface area contributed by atoms with E-state index in [1.807, 2.05) is 6.07 Å². The second-order valence-corrected chi connectivity index (χ2v) is 7.56. The number of carbonyl (C=O) groups is 1. The van der Waals surface area contributed by atoms with E-state index < -0.39 is 17.8 Å². The number of aromatic nitrogens is 5. The van der Waals surface area contributed by atoms with Crippen LogP contribution in [0.15, 0.2) is 48.9 Å². The maximum absolute atomic E-state index is 13.2. The first-order chi connectivity index (χ1) is 17.1. The van der Waals surface area contributed by atoms with Crippen molar-refractivity contribution in [3.63, 3.8) is 0 Å². The summed E-state index contributed by atoms with van der Waals surface area (Å²) in [5, 5.41) is 25.3. The molecule has 0 saturated heterocycles. The number of hydrogen-bond acceptors (Lipinski definition) is 8. The van der Waals surface area contributed by atoms with Gasteiger partial charge >= 0.3 is 12.1 Å². The molecule has 0 unspecified atom stereocenters. The third kappa shape index (κ3) is 5.03. The van der Waals surface area contributed by atoms with Crippen LogP contribution >= 0.6 is 11.6 Å². The van der Waals surface area contributed by atoms with Gasteiger partial charge in [-0.25, -0.2) is 19.4 Å². The zero-order chi connectivity index (χ0) is 26.0. The summed E-state index contributed by atoms with van der Waals surface area (Å²) in [6.07, 6.45) is -1.11. The number of halogens is 4. The van der Waals surface area contributed by atoms with E-state index in [-0.39, 0.29) is 44.9 Å². The van der Waals surface area contributed by atoms with E-state index in [0.29, 0.717) is 5.69 Å². The van der Waals surface area contributed by atoms with Gasteiger partial charge in [0.25, 0.3) is 0 Å². The average Bonchev–Trinajstić information content (AvgIpc) is 3.34. The van der Waals surface area contributed by atoms with Crippen LogP contribution in [0, 0.1) is 11.3 Å². The largest absolute Gasteiger partial charge is 0.480 e. The van der Waals surface area contributed by atoms with Crippen LogP contribution in [0.1, 0.15) is 21.6 Å². The summed E-state index contributed by atoms with van der Waals surface area (Å²) in [7, 11) is 1.25. The smallest absolute Gasteiger partial charge is 0.435 e. The van der Waals surface area contributed by atoms with Crippen LogP contribution in [0.2, 0.25) is 5.02 Å². The Morgan fingerprint density at radius 3 is 2.64 bits per heavy atom. The molecule has 0 spiro atoms. The molecule has 0 radical (unpaired) electrons. The Labute approximate surface area is 205 Å². The van der Waals surface area contributed by atoms with Gasteiger partial charge in [-0.1, -0.05) is 11.6 Å². The van der Waals surface area contributed by atoms with E-state index >= 15 is 0 Å². The number of anilines is 2. The average molecular weight is 516 g/mol. The van der Waals surface area contributed by atoms with Crippen molar-refractivity contribution >= 4 is 29.2 Å². The monoisotopic (exact) mass is 515 g/mol. The predicted molar refractivity (Wildman–Crippen MR) is 120 cm³/mol. The lowest BCUT2D eigenvalue weighted by Crippen LogP contribution is -2.10. The first-order valence-electron chi connectivity index (χ1n) is 9.84. The minimum absolute atomic E-state index is 0.0519. The number of ether oxygens (including phenoxy) is 1. The van der Waals surface area contributed by atoms with Gasteiger partial charge in [0.05, 0.1) is 18.7 Å². The van der Waals surface area contributed by atoms with Gasteiger partial charge in [-0.05, 0) is 30.3 Å². The minimum Gasteiger partial charge on any atom is -0.480 e. The summed E-state index contributed by atoms with van der Waals surface area (Å²) >= 11 is 6.02. The molecule has 182 valence electrons. The van der Waals surface area contributed by atoms with Crippen molar-refractivity contribution in [2.24, 2.45) is 0 Å². The van der Waals surface area contributed by atoms with Crippen molar-refractivity contribution in [3.05, 3.63) is 70.8 Å². The number of nitriles is 1. The number of methoxy groups -OCH3 is 1. The molecule has 4 rings (SSSR count). The normalized spacial score (nSPS) is 11.1. The first-order valence-corrected chi connectivity index (χ1v) is 10.2. The van der Waals surface area contributed by atoms with Gasteiger partial charge in [-0.2, -0.15) is 28.5 Å². The SMILES string of the molecule is COc1ncc(-c2cnc(Nc3cc(Cl)cc(C#N)c3)nc2-n2ccc(C(F)(F)F)n2)cc1C(=O)O. The molecule has 0 aliphatic carbocycles. The molecule has 3 heterocycles. The van der Waals surface area contributed by atoms with Gasteiger partial charge in [0, 0.05) is 40.4 Å². The van der Waals surface area contributed by atoms with Crippen LogP contribution in [-0.2, 0) is 6.18 Å². The molecule has 0 amide bonds. The fourth-order valence-corrected chi connectivity index (χ4v) is 3.41. The fourth-order valence-electron chi connectivity index (χ4n) is 3.18. The lowest BCUT2D eigenvalue weighted by Gasteiger charge is -2.13. The van der Waals surface area contributed by atoms with E-state index in [9.17, 15) is 23.1 Å². The summed E-state index contributed by atoms with van der Waals surface area (Å²) in [4.78, 5) is 24.1. The van der Waals surface area contributed by atoms with Crippen LogP contribution in [0.4, 0.5) is 24.8 Å². The van der Waals surface area contributed by atoms with Crippen molar-refractivity contribution in [2.75, 3.05) is 12.4 Å². The number of alkyl halides is 3. The molecule has 14 heteroatoms. The number of pyridine rings is 1. The van der Waals surface area contributed by atoms with Crippen molar-refractivity contribution < 1.29 is 27.8 Å². The molecule has 36 heavy (non-hydrogen) atoms. The predicted octanol–water partition coefficient (Wildman–Crippen LogP) is 4.72. The summed E-state index contributed by atoms with van der Waals surface area (Å²) in [6.45, 7) is 0. The summed E-state index contributed by atoms with van der Waals surface area (Å²) < 4.78 is 45.4. The Hall–Kier alpha value is -4.70. The highest BCUT2D eigenvalue weighted by Crippen LogP contribution is 2.32. The van der Waals surface area contributed by atoms with Gasteiger partial charge in [-0.15, -0.1) is 0 Å². The third-order valence-corrected chi connectivity index (χ3v) is 4.95. The molecule has 2 N–H and O–H groups in total. The Kier molecular flexibility index (Phi) is 6.45. The van der Waals surface area contributed by atoms with Crippen molar-refractivity contribution in [1.82, 2.24) is 24.7 Å². The molecule has 4 aromatic rings. The van der Waals surface area contributed by atoms with E-state index in [0.717, 1.165) is 16.9 Å². The molecule has 0 bridgehead atoms. The molecular formula is C22H13ClF3N7O3. The maximum Gasteiger partial charge on any atom is 0.435 e. The Morgan fingerprint density at radius 1 is 1.22 bits per heavy atom. The second-order valence-electron chi connectivity index (χ2n) is 7.13. The maximum atomic E-state index is 13.2. The van der Waals surface area contributed by atoms with Crippen LogP contribution < -0.4 is 10.1 Å². The van der Waals surface area contributed by atoms with Gasteiger partial charge < -0.3 is 15.2 Å². The number of nitrogens with zero attached hydrogens (tertiary/aromatic N) is 6. The highest BCUT2D eigenvalue weighted by atomic mass is 35.5. The summed E-state index contributed by atoms with van der Waals surface area (Å²) in [5.41, 5.74) is -0.494. The van der Waals surface area contributed by atoms with Gasteiger partial charge in [0.1, 0.15) is 5.56 Å². The topological polar surface area (TPSA) is 139 Å². The molecule has 0 aliphatic rings.